The first-order valence-corrected chi connectivity index (χ1v) is 14.0. The van der Waals surface area contributed by atoms with Crippen LogP contribution in [0, 0.1) is 11.3 Å². The van der Waals surface area contributed by atoms with Crippen molar-refractivity contribution in [3.63, 3.8) is 0 Å². The number of alkyl halides is 3. The van der Waals surface area contributed by atoms with Crippen LogP contribution in [0.4, 0.5) is 24.7 Å². The van der Waals surface area contributed by atoms with Gasteiger partial charge in [0.25, 0.3) is 5.56 Å². The van der Waals surface area contributed by atoms with Crippen molar-refractivity contribution < 1.29 is 27.4 Å². The quantitative estimate of drug-likeness (QED) is 0.298. The molecule has 3 atom stereocenters. The number of nitrogens with zero attached hydrogens (tertiary/aromatic N) is 3. The van der Waals surface area contributed by atoms with Gasteiger partial charge in [-0.2, -0.15) is 23.5 Å². The van der Waals surface area contributed by atoms with Crippen LogP contribution in [0.2, 0.25) is 0 Å². The van der Waals surface area contributed by atoms with Gasteiger partial charge < -0.3 is 19.8 Å². The maximum Gasteiger partial charge on any atom is 0.407 e. The fraction of sp³-hybridized carbons (Fsp3) is 0.533. The molecule has 0 saturated carbocycles. The van der Waals surface area contributed by atoms with E-state index in [1.54, 1.807) is 52.3 Å². The molecule has 10 nitrogen and oxygen atoms in total. The average molecular weight is 603 g/mol. The Bertz CT molecular complexity index is 1550. The van der Waals surface area contributed by atoms with E-state index < -0.39 is 46.5 Å². The Balaban J connectivity index is 1.66. The highest BCUT2D eigenvalue weighted by Gasteiger charge is 2.44. The van der Waals surface area contributed by atoms with Crippen molar-refractivity contribution in [2.24, 2.45) is 0 Å². The number of hydrogen-bond acceptors (Lipinski definition) is 8. The number of halogens is 3. The molecule has 0 aliphatic carbocycles. The van der Waals surface area contributed by atoms with E-state index in [0.29, 0.717) is 17.6 Å². The molecule has 1 aliphatic rings. The largest absolute Gasteiger partial charge is 0.458 e. The molecule has 0 amide bonds. The Morgan fingerprint density at radius 3 is 2.42 bits per heavy atom. The lowest BCUT2D eigenvalue weighted by atomic mass is 9.87. The van der Waals surface area contributed by atoms with E-state index in [0.717, 1.165) is 0 Å². The first-order valence-electron chi connectivity index (χ1n) is 14.0. The minimum atomic E-state index is -4.51. The first kappa shape index (κ1) is 32.0. The lowest BCUT2D eigenvalue weighted by molar-refractivity contribution is -0.176. The zero-order valence-corrected chi connectivity index (χ0v) is 25.1. The monoisotopic (exact) mass is 602 g/mol. The summed E-state index contributed by atoms with van der Waals surface area (Å²) in [5, 5.41) is 20.3. The second-order valence-corrected chi connectivity index (χ2v) is 12.9. The van der Waals surface area contributed by atoms with Crippen LogP contribution < -0.4 is 16.2 Å². The molecule has 0 radical (unpaired) electrons. The molecular weight excluding hydrogens is 565 g/mol. The molecule has 1 aromatic carbocycles. The fourth-order valence-electron chi connectivity index (χ4n) is 5.10. The Kier molecular flexibility index (Phi) is 8.68. The van der Waals surface area contributed by atoms with Gasteiger partial charge >= 0.3 is 12.1 Å². The molecule has 0 bridgehead atoms. The maximum absolute atomic E-state index is 13.8. The number of pyridine rings is 1. The number of anilines is 2. The van der Waals surface area contributed by atoms with Gasteiger partial charge in [-0.3, -0.25) is 14.8 Å². The molecule has 1 fully saturated rings. The maximum atomic E-state index is 13.8. The van der Waals surface area contributed by atoms with Crippen LogP contribution in [0.25, 0.3) is 10.9 Å². The Morgan fingerprint density at radius 1 is 1.21 bits per heavy atom. The van der Waals surface area contributed by atoms with Gasteiger partial charge in [-0.15, -0.1) is 0 Å². The number of H-pyrrole nitrogens is 1. The number of carbonyl (C=O) groups is 1. The summed E-state index contributed by atoms with van der Waals surface area (Å²) in [4.78, 5) is 28.2. The van der Waals surface area contributed by atoms with Crippen molar-refractivity contribution in [1.29, 1.82) is 5.26 Å². The smallest absolute Gasteiger partial charge is 0.407 e. The topological polar surface area (TPSA) is 134 Å². The number of aromatic nitrogens is 3. The standard InChI is InChI=1S/C30H37F3N6O4/c1-27(2,3)37-23(30(31,32)33)18-7-9-19(10-8-18)36-24-22-20(12-16-35-25(22)40)39(38-24)29(14-15-34)13-11-21(42-17-29)26(41)43-28(4,5)6/h7-10,12,16,21,23,37H,11,13-14,17H2,1-6H3,(H,35,40)(H,36,38)/t21-,23+,29-/m0/s1. The van der Waals surface area contributed by atoms with Crippen LogP contribution in [0.15, 0.2) is 41.3 Å². The van der Waals surface area contributed by atoms with Gasteiger partial charge in [0, 0.05) is 17.4 Å². The molecule has 2 aromatic heterocycles. The summed E-state index contributed by atoms with van der Waals surface area (Å²) >= 11 is 0. The van der Waals surface area contributed by atoms with Crippen LogP contribution in [-0.4, -0.2) is 50.8 Å². The molecule has 3 N–H and O–H groups in total. The SMILES string of the molecule is CC(C)(C)N[C@H](c1ccc(Nc2nn([C@]3(CC#N)CC[C@@H](C(=O)OC(C)(C)C)OC3)c3cc[nH]c(=O)c23)cc1)C(F)(F)F. The average Bonchev–Trinajstić information content (AvgIpc) is 3.26. The summed E-state index contributed by atoms with van der Waals surface area (Å²) in [5.74, 6) is -0.326. The Hall–Kier alpha value is -3.89. The molecule has 1 aliphatic heterocycles. The zero-order chi connectivity index (χ0) is 31.8. The van der Waals surface area contributed by atoms with E-state index >= 15 is 0 Å². The second kappa shape index (κ2) is 11.7. The van der Waals surface area contributed by atoms with E-state index in [1.807, 2.05) is 0 Å². The summed E-state index contributed by atoms with van der Waals surface area (Å²) in [6.07, 6.45) is -3.24. The molecule has 3 heterocycles. The molecule has 1 saturated heterocycles. The third-order valence-corrected chi connectivity index (χ3v) is 6.97. The molecule has 4 rings (SSSR count). The lowest BCUT2D eigenvalue weighted by Crippen LogP contribution is -2.47. The predicted molar refractivity (Wildman–Crippen MR) is 155 cm³/mol. The van der Waals surface area contributed by atoms with Crippen LogP contribution in [-0.2, 0) is 19.8 Å². The molecule has 13 heteroatoms. The normalized spacial score (nSPS) is 20.4. The van der Waals surface area contributed by atoms with E-state index in [9.17, 15) is 28.0 Å². The summed E-state index contributed by atoms with van der Waals surface area (Å²) < 4.78 is 54.5. The minimum Gasteiger partial charge on any atom is -0.458 e. The molecule has 43 heavy (non-hydrogen) atoms. The van der Waals surface area contributed by atoms with Crippen molar-refractivity contribution >= 4 is 28.4 Å². The number of benzene rings is 1. The Morgan fingerprint density at radius 2 is 1.88 bits per heavy atom. The highest BCUT2D eigenvalue weighted by Crippen LogP contribution is 2.38. The van der Waals surface area contributed by atoms with E-state index in [-0.39, 0.29) is 36.2 Å². The van der Waals surface area contributed by atoms with Crippen LogP contribution in [0.3, 0.4) is 0 Å². The summed E-state index contributed by atoms with van der Waals surface area (Å²) in [6.45, 7) is 10.3. The minimum absolute atomic E-state index is 0.00857. The number of esters is 1. The molecule has 0 unspecified atom stereocenters. The van der Waals surface area contributed by atoms with Gasteiger partial charge in [-0.25, -0.2) is 4.79 Å². The Labute approximate surface area is 247 Å². The van der Waals surface area contributed by atoms with E-state index in [2.05, 4.69) is 26.8 Å². The highest BCUT2D eigenvalue weighted by molar-refractivity contribution is 5.91. The number of nitriles is 1. The van der Waals surface area contributed by atoms with Crippen LogP contribution in [0.5, 0.6) is 0 Å². The molecule has 3 aromatic rings. The summed E-state index contributed by atoms with van der Waals surface area (Å²) in [7, 11) is 0. The fourth-order valence-corrected chi connectivity index (χ4v) is 5.10. The van der Waals surface area contributed by atoms with Gasteiger partial charge in [-0.1, -0.05) is 12.1 Å². The summed E-state index contributed by atoms with van der Waals surface area (Å²) in [5.41, 5.74) is -2.01. The van der Waals surface area contributed by atoms with Gasteiger partial charge in [-0.05, 0) is 78.1 Å². The number of fused-ring (bicyclic) bond motifs is 1. The predicted octanol–water partition coefficient (Wildman–Crippen LogP) is 5.59. The van der Waals surface area contributed by atoms with E-state index in [4.69, 9.17) is 9.47 Å². The van der Waals surface area contributed by atoms with E-state index in [1.165, 1.54) is 30.5 Å². The third kappa shape index (κ3) is 7.37. The number of ether oxygens (including phenoxy) is 2. The van der Waals surface area contributed by atoms with Crippen molar-refractivity contribution in [3.8, 4) is 6.07 Å². The second-order valence-electron chi connectivity index (χ2n) is 12.9. The number of hydrogen-bond donors (Lipinski definition) is 3. The number of aromatic amines is 1. The van der Waals surface area contributed by atoms with Crippen molar-refractivity contribution in [1.82, 2.24) is 20.1 Å². The van der Waals surface area contributed by atoms with Gasteiger partial charge in [0.15, 0.2) is 11.9 Å². The molecule has 0 spiro atoms. The molecule has 232 valence electrons. The first-order chi connectivity index (χ1) is 19.9. The number of nitrogens with one attached hydrogen (secondary N) is 3. The van der Waals surface area contributed by atoms with Crippen molar-refractivity contribution in [2.45, 2.75) is 95.8 Å². The highest BCUT2D eigenvalue weighted by atomic mass is 19.4. The number of rotatable bonds is 7. The van der Waals surface area contributed by atoms with Gasteiger partial charge in [0.1, 0.15) is 17.0 Å². The van der Waals surface area contributed by atoms with Crippen molar-refractivity contribution in [3.05, 3.63) is 52.4 Å². The van der Waals surface area contributed by atoms with Gasteiger partial charge in [0.2, 0.25) is 0 Å². The van der Waals surface area contributed by atoms with Crippen LogP contribution in [0.1, 0.15) is 72.4 Å². The van der Waals surface area contributed by atoms with Crippen LogP contribution >= 0.6 is 0 Å². The van der Waals surface area contributed by atoms with Gasteiger partial charge in [0.05, 0.1) is 30.2 Å². The summed E-state index contributed by atoms with van der Waals surface area (Å²) in [6, 6.07) is 7.67. The number of carbonyl (C=O) groups excluding carboxylic acids is 1. The lowest BCUT2D eigenvalue weighted by Gasteiger charge is -2.39. The third-order valence-electron chi connectivity index (χ3n) is 6.97. The zero-order valence-electron chi connectivity index (χ0n) is 25.1. The van der Waals surface area contributed by atoms with Crippen molar-refractivity contribution in [2.75, 3.05) is 11.9 Å². The molecular formula is C30H37F3N6O4.